The van der Waals surface area contributed by atoms with Crippen molar-refractivity contribution in [3.8, 4) is 33.4 Å². The molecule has 0 aliphatic heterocycles. The summed E-state index contributed by atoms with van der Waals surface area (Å²) in [4.78, 5) is 6.99. The maximum absolute atomic E-state index is 2.36. The molecule has 0 unspecified atom stereocenters. The first kappa shape index (κ1) is 38.8. The van der Waals surface area contributed by atoms with E-state index in [9.17, 15) is 0 Å². The van der Waals surface area contributed by atoms with E-state index in [1.54, 1.807) is 0 Å². The summed E-state index contributed by atoms with van der Waals surface area (Å²) in [6, 6.07) is 97.1. The van der Waals surface area contributed by atoms with Crippen LogP contribution in [0, 0.1) is 0 Å². The second kappa shape index (κ2) is 18.1. The Morgan fingerprint density at radius 1 is 0.159 bits per heavy atom. The third-order valence-electron chi connectivity index (χ3n) is 11.5. The topological polar surface area (TPSA) is 9.72 Å². The monoisotopic (exact) mass is 807 g/mol. The van der Waals surface area contributed by atoms with Crippen LogP contribution in [0.25, 0.3) is 33.4 Å². The second-order valence-corrected chi connectivity index (χ2v) is 15.4. The van der Waals surface area contributed by atoms with Gasteiger partial charge >= 0.3 is 0 Å². The molecular weight excluding hydrogens is 763 g/mol. The van der Waals surface area contributed by atoms with Gasteiger partial charge in [0.15, 0.2) is 0 Å². The van der Waals surface area contributed by atoms with E-state index in [0.717, 1.165) is 84.6 Å². The number of hydrogen-bond acceptors (Lipinski definition) is 3. The van der Waals surface area contributed by atoms with Crippen LogP contribution in [0.15, 0.2) is 273 Å². The molecule has 10 aromatic carbocycles. The Kier molecular flexibility index (Phi) is 11.1. The van der Waals surface area contributed by atoms with Gasteiger partial charge in [-0.15, -0.1) is 0 Å². The van der Waals surface area contributed by atoms with Gasteiger partial charge in [-0.05, 0) is 119 Å². The van der Waals surface area contributed by atoms with E-state index in [2.05, 4.69) is 288 Å². The van der Waals surface area contributed by atoms with Crippen molar-refractivity contribution in [3.63, 3.8) is 0 Å². The Balaban J connectivity index is 0.970. The number of para-hydroxylation sites is 7. The highest BCUT2D eigenvalue weighted by Gasteiger charge is 2.20. The molecule has 0 saturated heterocycles. The highest BCUT2D eigenvalue weighted by atomic mass is 15.2. The minimum Gasteiger partial charge on any atom is -0.311 e. The molecule has 300 valence electrons. The molecule has 3 nitrogen and oxygen atoms in total. The predicted octanol–water partition coefficient (Wildman–Crippen LogP) is 17.1. The van der Waals surface area contributed by atoms with Gasteiger partial charge in [0.1, 0.15) is 0 Å². The summed E-state index contributed by atoms with van der Waals surface area (Å²) in [5.74, 6) is 0. The Labute approximate surface area is 370 Å². The highest BCUT2D eigenvalue weighted by molar-refractivity contribution is 5.91. The molecular formula is C60H45N3. The summed E-state index contributed by atoms with van der Waals surface area (Å²) in [5, 5.41) is 0. The molecule has 0 saturated carbocycles. The Morgan fingerprint density at radius 3 is 0.698 bits per heavy atom. The summed E-state index contributed by atoms with van der Waals surface area (Å²) >= 11 is 0. The van der Waals surface area contributed by atoms with E-state index < -0.39 is 0 Å². The van der Waals surface area contributed by atoms with Crippen LogP contribution >= 0.6 is 0 Å². The third kappa shape index (κ3) is 8.24. The predicted molar refractivity (Wildman–Crippen MR) is 267 cm³/mol. The zero-order valence-corrected chi connectivity index (χ0v) is 34.8. The van der Waals surface area contributed by atoms with Gasteiger partial charge in [-0.1, -0.05) is 176 Å². The molecule has 0 bridgehead atoms. The fourth-order valence-corrected chi connectivity index (χ4v) is 8.45. The molecule has 0 N–H and O–H groups in total. The zero-order valence-electron chi connectivity index (χ0n) is 34.8. The van der Waals surface area contributed by atoms with Crippen LogP contribution in [0.3, 0.4) is 0 Å². The van der Waals surface area contributed by atoms with Crippen LogP contribution in [0.2, 0.25) is 0 Å². The van der Waals surface area contributed by atoms with E-state index in [4.69, 9.17) is 0 Å². The normalized spacial score (nSPS) is 10.9. The van der Waals surface area contributed by atoms with Crippen molar-refractivity contribution in [2.45, 2.75) is 0 Å². The van der Waals surface area contributed by atoms with Crippen molar-refractivity contribution >= 4 is 51.2 Å². The smallest absolute Gasteiger partial charge is 0.0540 e. The Bertz CT molecular complexity index is 2930. The maximum Gasteiger partial charge on any atom is 0.0540 e. The lowest BCUT2D eigenvalue weighted by Crippen LogP contribution is -2.11. The van der Waals surface area contributed by atoms with Crippen LogP contribution in [0.4, 0.5) is 51.2 Å². The first-order chi connectivity index (χ1) is 31.3. The maximum atomic E-state index is 2.36. The first-order valence-corrected chi connectivity index (χ1v) is 21.4. The minimum atomic E-state index is 1.08. The average molecular weight is 808 g/mol. The Hall–Kier alpha value is -8.40. The van der Waals surface area contributed by atoms with Crippen LogP contribution in [0.5, 0.6) is 0 Å². The quantitative estimate of drug-likeness (QED) is 0.122. The van der Waals surface area contributed by atoms with Gasteiger partial charge in [0.2, 0.25) is 0 Å². The lowest BCUT2D eigenvalue weighted by molar-refractivity contribution is 1.28. The van der Waals surface area contributed by atoms with E-state index in [1.165, 1.54) is 0 Å². The minimum absolute atomic E-state index is 1.08. The van der Waals surface area contributed by atoms with Gasteiger partial charge in [-0.25, -0.2) is 0 Å². The van der Waals surface area contributed by atoms with Gasteiger partial charge < -0.3 is 14.7 Å². The van der Waals surface area contributed by atoms with Crippen LogP contribution in [-0.2, 0) is 0 Å². The highest BCUT2D eigenvalue weighted by Crippen LogP contribution is 2.44. The molecule has 0 fully saturated rings. The molecule has 0 amide bonds. The van der Waals surface area contributed by atoms with Gasteiger partial charge in [-0.3, -0.25) is 0 Å². The second-order valence-electron chi connectivity index (χ2n) is 15.4. The van der Waals surface area contributed by atoms with Crippen molar-refractivity contribution in [3.05, 3.63) is 273 Å². The molecule has 10 aromatic rings. The van der Waals surface area contributed by atoms with E-state index in [-0.39, 0.29) is 0 Å². The van der Waals surface area contributed by atoms with Crippen molar-refractivity contribution in [1.82, 2.24) is 0 Å². The number of hydrogen-bond donors (Lipinski definition) is 0. The van der Waals surface area contributed by atoms with Crippen LogP contribution < -0.4 is 14.7 Å². The van der Waals surface area contributed by atoms with E-state index in [1.807, 2.05) is 0 Å². The lowest BCUT2D eigenvalue weighted by atomic mass is 9.97. The number of benzene rings is 10. The first-order valence-electron chi connectivity index (χ1n) is 21.4. The lowest BCUT2D eigenvalue weighted by Gasteiger charge is -2.28. The van der Waals surface area contributed by atoms with Gasteiger partial charge in [0.05, 0.1) is 11.4 Å². The zero-order chi connectivity index (χ0) is 42.2. The van der Waals surface area contributed by atoms with Gasteiger partial charge in [-0.2, -0.15) is 0 Å². The fourth-order valence-electron chi connectivity index (χ4n) is 8.45. The molecule has 63 heavy (non-hydrogen) atoms. The number of anilines is 9. The number of nitrogens with zero attached hydrogens (tertiary/aromatic N) is 3. The summed E-state index contributed by atoms with van der Waals surface area (Å²) in [5.41, 5.74) is 16.9. The molecule has 0 atom stereocenters. The van der Waals surface area contributed by atoms with Gasteiger partial charge in [0.25, 0.3) is 0 Å². The molecule has 0 aromatic heterocycles. The average Bonchev–Trinajstić information content (AvgIpc) is 3.37. The SMILES string of the molecule is c1ccc(N(c2ccccc2)c2ccc(-c3ccc(N(c4ccccc4)c4ccccc4-c4ccc(-c5ccccc5N(c5ccccc5)c5ccccc5)cc4)cc3)cc2)cc1. The largest absolute Gasteiger partial charge is 0.311 e. The van der Waals surface area contributed by atoms with Crippen LogP contribution in [-0.4, -0.2) is 0 Å². The molecule has 3 heteroatoms. The van der Waals surface area contributed by atoms with Gasteiger partial charge in [0, 0.05) is 50.9 Å². The summed E-state index contributed by atoms with van der Waals surface area (Å²) < 4.78 is 0. The van der Waals surface area contributed by atoms with Crippen molar-refractivity contribution < 1.29 is 0 Å². The number of rotatable bonds is 12. The van der Waals surface area contributed by atoms with Crippen molar-refractivity contribution in [2.24, 2.45) is 0 Å². The molecule has 0 aliphatic rings. The van der Waals surface area contributed by atoms with E-state index >= 15 is 0 Å². The standard InChI is InChI=1S/C60H45N3/c1-6-20-50(21-7-1)61(51-22-8-2-9-23-51)55-42-38-46(39-43-55)47-40-44-56(45-41-47)63(54-28-14-5-15-29-54)60-33-19-17-31-58(60)49-36-34-48(35-37-49)57-30-16-18-32-59(57)62(52-24-10-3-11-25-52)53-26-12-4-13-27-53/h1-45H. The summed E-state index contributed by atoms with van der Waals surface area (Å²) in [6.07, 6.45) is 0. The van der Waals surface area contributed by atoms with E-state index in [0.29, 0.717) is 0 Å². The fraction of sp³-hybridized carbons (Fsp3) is 0. The van der Waals surface area contributed by atoms with Crippen molar-refractivity contribution in [1.29, 1.82) is 0 Å². The Morgan fingerprint density at radius 2 is 0.381 bits per heavy atom. The van der Waals surface area contributed by atoms with Crippen LogP contribution in [0.1, 0.15) is 0 Å². The molecule has 10 rings (SSSR count). The third-order valence-corrected chi connectivity index (χ3v) is 11.5. The molecule has 0 radical (unpaired) electrons. The molecule has 0 spiro atoms. The summed E-state index contributed by atoms with van der Waals surface area (Å²) in [6.45, 7) is 0. The summed E-state index contributed by atoms with van der Waals surface area (Å²) in [7, 11) is 0. The molecule has 0 heterocycles. The molecule has 0 aliphatic carbocycles. The van der Waals surface area contributed by atoms with Crippen molar-refractivity contribution in [2.75, 3.05) is 14.7 Å².